The molecule has 0 saturated heterocycles. The molecule has 10 heteroatoms. The summed E-state index contributed by atoms with van der Waals surface area (Å²) in [7, 11) is 3.69. The van der Waals surface area contributed by atoms with Crippen molar-refractivity contribution in [3.05, 3.63) is 24.3 Å². The summed E-state index contributed by atoms with van der Waals surface area (Å²) >= 11 is 0. The van der Waals surface area contributed by atoms with Crippen molar-refractivity contribution in [3.63, 3.8) is 0 Å². The van der Waals surface area contributed by atoms with Crippen molar-refractivity contribution in [3.8, 4) is 0 Å². The van der Waals surface area contributed by atoms with Gasteiger partial charge in [0.1, 0.15) is 0 Å². The van der Waals surface area contributed by atoms with E-state index in [0.29, 0.717) is 12.2 Å². The lowest BCUT2D eigenvalue weighted by atomic mass is 10.3. The predicted octanol–water partition coefficient (Wildman–Crippen LogP) is 0.644. The third-order valence-electron chi connectivity index (χ3n) is 4.24. The average Bonchev–Trinajstić information content (AvgIpc) is 2.71. The highest BCUT2D eigenvalue weighted by atomic mass is 28.4. The second kappa shape index (κ2) is 14.2. The highest BCUT2D eigenvalue weighted by Gasteiger charge is 2.40. The Bertz CT molecular complexity index is 478. The van der Waals surface area contributed by atoms with Gasteiger partial charge in [0, 0.05) is 59.5 Å². The standard InChI is InChI=1S/C9H15NO3Si.C8H22N2O2Si/c1-11-14(12-2,13-3)9-6-4-8(10)5-7-9;1-11-13(3,12-2)8-4-6-10-7-5-9/h4-7H,10H2,1-3H3;10H,4-9H2,1-3H3. The molecule has 0 aliphatic heterocycles. The lowest BCUT2D eigenvalue weighted by Gasteiger charge is -2.24. The van der Waals surface area contributed by atoms with Crippen molar-refractivity contribution in [2.24, 2.45) is 5.73 Å². The molecule has 0 unspecified atom stereocenters. The quantitative estimate of drug-likeness (QED) is 0.257. The molecule has 0 heterocycles. The minimum atomic E-state index is -2.67. The summed E-state index contributed by atoms with van der Waals surface area (Å²) < 4.78 is 26.7. The van der Waals surface area contributed by atoms with Crippen molar-refractivity contribution in [2.45, 2.75) is 19.0 Å². The maximum atomic E-state index is 5.59. The second-order valence-electron chi connectivity index (χ2n) is 5.97. The molecule has 0 fully saturated rings. The minimum Gasteiger partial charge on any atom is -0.399 e. The zero-order valence-electron chi connectivity index (χ0n) is 17.5. The van der Waals surface area contributed by atoms with Gasteiger partial charge in [0.15, 0.2) is 0 Å². The van der Waals surface area contributed by atoms with E-state index in [1.165, 1.54) is 0 Å². The zero-order valence-corrected chi connectivity index (χ0v) is 19.5. The van der Waals surface area contributed by atoms with Gasteiger partial charge in [-0.15, -0.1) is 0 Å². The first kappa shape index (κ1) is 26.2. The maximum absolute atomic E-state index is 5.59. The van der Waals surface area contributed by atoms with Crippen LogP contribution in [0.4, 0.5) is 5.69 Å². The number of anilines is 1. The number of rotatable bonds is 12. The van der Waals surface area contributed by atoms with Gasteiger partial charge in [-0.25, -0.2) is 0 Å². The molecule has 0 aliphatic rings. The molecule has 0 bridgehead atoms. The molecule has 1 aromatic rings. The van der Waals surface area contributed by atoms with Crippen LogP contribution in [0.1, 0.15) is 6.42 Å². The van der Waals surface area contributed by atoms with Crippen LogP contribution in [0.3, 0.4) is 0 Å². The second-order valence-corrected chi connectivity index (χ2v) is 12.5. The van der Waals surface area contributed by atoms with Crippen LogP contribution >= 0.6 is 0 Å². The Labute approximate surface area is 166 Å². The predicted molar refractivity (Wildman–Crippen MR) is 114 cm³/mol. The van der Waals surface area contributed by atoms with E-state index in [0.717, 1.165) is 30.7 Å². The monoisotopic (exact) mass is 419 g/mol. The number of nitrogen functional groups attached to an aromatic ring is 1. The molecule has 1 rings (SSSR count). The average molecular weight is 420 g/mol. The van der Waals surface area contributed by atoms with Crippen LogP contribution in [-0.4, -0.2) is 72.5 Å². The first-order valence-electron chi connectivity index (χ1n) is 8.89. The van der Waals surface area contributed by atoms with Gasteiger partial charge in [0.2, 0.25) is 0 Å². The molecule has 0 aromatic heterocycles. The van der Waals surface area contributed by atoms with E-state index in [4.69, 9.17) is 33.6 Å². The molecule has 0 saturated carbocycles. The normalized spacial score (nSPS) is 11.8. The van der Waals surface area contributed by atoms with Crippen molar-refractivity contribution in [1.29, 1.82) is 0 Å². The van der Waals surface area contributed by atoms with Crippen molar-refractivity contribution >= 4 is 28.2 Å². The Hall–Kier alpha value is -0.826. The Morgan fingerprint density at radius 1 is 0.852 bits per heavy atom. The van der Waals surface area contributed by atoms with Gasteiger partial charge in [0.05, 0.1) is 0 Å². The first-order valence-corrected chi connectivity index (χ1v) is 13.1. The maximum Gasteiger partial charge on any atom is 0.536 e. The summed E-state index contributed by atoms with van der Waals surface area (Å²) in [6.45, 7) is 4.66. The fourth-order valence-corrected chi connectivity index (χ4v) is 5.52. The van der Waals surface area contributed by atoms with Gasteiger partial charge in [-0.2, -0.15) is 0 Å². The Morgan fingerprint density at radius 2 is 1.37 bits per heavy atom. The van der Waals surface area contributed by atoms with Gasteiger partial charge < -0.3 is 38.9 Å². The molecule has 0 aliphatic carbocycles. The van der Waals surface area contributed by atoms with E-state index >= 15 is 0 Å². The Kier molecular flexibility index (Phi) is 13.8. The summed E-state index contributed by atoms with van der Waals surface area (Å²) in [5.41, 5.74) is 11.6. The van der Waals surface area contributed by atoms with Gasteiger partial charge in [0.25, 0.3) is 0 Å². The lowest BCUT2D eigenvalue weighted by molar-refractivity contribution is 0.140. The summed E-state index contributed by atoms with van der Waals surface area (Å²) in [5, 5.41) is 4.14. The van der Waals surface area contributed by atoms with Crippen LogP contribution in [0.2, 0.25) is 12.6 Å². The summed E-state index contributed by atoms with van der Waals surface area (Å²) in [6, 6.07) is 8.34. The molecule has 8 nitrogen and oxygen atoms in total. The highest BCUT2D eigenvalue weighted by molar-refractivity contribution is 6.75. The number of benzene rings is 1. The van der Waals surface area contributed by atoms with Gasteiger partial charge in [-0.3, -0.25) is 0 Å². The molecule has 0 radical (unpaired) electrons. The molecule has 5 N–H and O–H groups in total. The molecular weight excluding hydrogens is 382 g/mol. The molecule has 1 aromatic carbocycles. The van der Waals surface area contributed by atoms with E-state index in [-0.39, 0.29) is 0 Å². The van der Waals surface area contributed by atoms with Crippen LogP contribution in [0.25, 0.3) is 0 Å². The van der Waals surface area contributed by atoms with Crippen molar-refractivity contribution < 1.29 is 22.1 Å². The number of nitrogens with one attached hydrogen (secondary N) is 1. The number of hydrogen-bond donors (Lipinski definition) is 3. The first-order chi connectivity index (χ1) is 12.9. The van der Waals surface area contributed by atoms with Crippen LogP contribution in [0.5, 0.6) is 0 Å². The van der Waals surface area contributed by atoms with E-state index < -0.39 is 17.4 Å². The number of nitrogens with two attached hydrogens (primary N) is 2. The molecule has 27 heavy (non-hydrogen) atoms. The van der Waals surface area contributed by atoms with Crippen LogP contribution in [0.15, 0.2) is 24.3 Å². The third-order valence-corrected chi connectivity index (χ3v) is 9.88. The van der Waals surface area contributed by atoms with Crippen molar-refractivity contribution in [1.82, 2.24) is 5.32 Å². The van der Waals surface area contributed by atoms with E-state index in [1.54, 1.807) is 47.7 Å². The van der Waals surface area contributed by atoms with Gasteiger partial charge >= 0.3 is 17.4 Å². The van der Waals surface area contributed by atoms with Crippen LogP contribution < -0.4 is 22.0 Å². The molecular formula is C17H37N3O5Si2. The van der Waals surface area contributed by atoms with Crippen LogP contribution in [-0.2, 0) is 22.1 Å². The molecule has 158 valence electrons. The summed E-state index contributed by atoms with van der Waals surface area (Å²) in [4.78, 5) is 0. The fraction of sp³-hybridized carbons (Fsp3) is 0.647. The summed E-state index contributed by atoms with van der Waals surface area (Å²) in [5.74, 6) is 0. The third kappa shape index (κ3) is 9.28. The van der Waals surface area contributed by atoms with Crippen molar-refractivity contribution in [2.75, 3.05) is 60.9 Å². The highest BCUT2D eigenvalue weighted by Crippen LogP contribution is 2.12. The minimum absolute atomic E-state index is 0.698. The van der Waals surface area contributed by atoms with Crippen LogP contribution in [0, 0.1) is 0 Å². The topological polar surface area (TPSA) is 110 Å². The lowest BCUT2D eigenvalue weighted by Crippen LogP contribution is -2.54. The van der Waals surface area contributed by atoms with E-state index in [9.17, 15) is 0 Å². The largest absolute Gasteiger partial charge is 0.536 e. The Balaban J connectivity index is 0.000000503. The van der Waals surface area contributed by atoms with E-state index in [2.05, 4.69) is 11.9 Å². The summed E-state index contributed by atoms with van der Waals surface area (Å²) in [6.07, 6.45) is 1.09. The van der Waals surface area contributed by atoms with Gasteiger partial charge in [-0.1, -0.05) is 12.1 Å². The number of hydrogen-bond acceptors (Lipinski definition) is 8. The van der Waals surface area contributed by atoms with E-state index in [1.807, 2.05) is 12.1 Å². The molecule has 0 atom stereocenters. The SMILES string of the molecule is CO[Si](C)(CCCNCCN)OC.CO[Si](OC)(OC)c1ccc(N)cc1. The van der Waals surface area contributed by atoms with Gasteiger partial charge in [-0.05, 0) is 37.7 Å². The molecule has 0 amide bonds. The Morgan fingerprint density at radius 3 is 1.78 bits per heavy atom. The smallest absolute Gasteiger partial charge is 0.399 e. The molecule has 0 spiro atoms. The zero-order chi connectivity index (χ0) is 20.8. The fourth-order valence-electron chi connectivity index (χ4n) is 2.34.